The number of amides is 1. The number of hydrogen-bond donors (Lipinski definition) is 2. The Morgan fingerprint density at radius 3 is 2.53 bits per heavy atom. The van der Waals surface area contributed by atoms with E-state index < -0.39 is 9.84 Å². The highest BCUT2D eigenvalue weighted by Crippen LogP contribution is 2.21. The lowest BCUT2D eigenvalue weighted by molar-refractivity contribution is -0.118. The molecule has 0 fully saturated rings. The summed E-state index contributed by atoms with van der Waals surface area (Å²) in [6, 6.07) is 6.56. The molecule has 0 unspecified atom stereocenters. The standard InChI is InChI=1S/C11H16N2O3S/c1-3-17(15,16)10-7-5-4-6-9(10)13-8-11(14)12-2/h4-7,13H,3,8H2,1-2H3,(H,12,14). The monoisotopic (exact) mass is 256 g/mol. The Morgan fingerprint density at radius 1 is 1.29 bits per heavy atom. The number of carbonyl (C=O) groups excluding carboxylic acids is 1. The molecule has 0 radical (unpaired) electrons. The van der Waals surface area contributed by atoms with Gasteiger partial charge in [-0.1, -0.05) is 19.1 Å². The first kappa shape index (κ1) is 13.5. The summed E-state index contributed by atoms with van der Waals surface area (Å²) in [5.41, 5.74) is 0.456. The molecule has 2 N–H and O–H groups in total. The fraction of sp³-hybridized carbons (Fsp3) is 0.364. The van der Waals surface area contributed by atoms with Crippen molar-refractivity contribution < 1.29 is 13.2 Å². The van der Waals surface area contributed by atoms with Gasteiger partial charge in [0, 0.05) is 7.05 Å². The molecule has 0 aliphatic carbocycles. The minimum atomic E-state index is -3.28. The first-order valence-electron chi connectivity index (χ1n) is 5.27. The van der Waals surface area contributed by atoms with Gasteiger partial charge >= 0.3 is 0 Å². The maximum Gasteiger partial charge on any atom is 0.239 e. The first-order chi connectivity index (χ1) is 8.01. The van der Waals surface area contributed by atoms with Gasteiger partial charge in [0.2, 0.25) is 5.91 Å². The minimum Gasteiger partial charge on any atom is -0.375 e. The number of hydrogen-bond acceptors (Lipinski definition) is 4. The van der Waals surface area contributed by atoms with Crippen LogP contribution in [-0.2, 0) is 14.6 Å². The first-order valence-corrected chi connectivity index (χ1v) is 6.92. The molecular weight excluding hydrogens is 240 g/mol. The molecule has 94 valence electrons. The molecule has 1 amide bonds. The van der Waals surface area contributed by atoms with Crippen molar-refractivity contribution in [3.8, 4) is 0 Å². The van der Waals surface area contributed by atoms with E-state index in [4.69, 9.17) is 0 Å². The highest BCUT2D eigenvalue weighted by atomic mass is 32.2. The summed E-state index contributed by atoms with van der Waals surface area (Å²) in [6.07, 6.45) is 0. The van der Waals surface area contributed by atoms with Crippen LogP contribution >= 0.6 is 0 Å². The van der Waals surface area contributed by atoms with Crippen LogP contribution in [0.3, 0.4) is 0 Å². The van der Waals surface area contributed by atoms with Crippen LogP contribution in [0.15, 0.2) is 29.2 Å². The number of benzene rings is 1. The summed E-state index contributed by atoms with van der Waals surface area (Å²) in [5, 5.41) is 5.27. The minimum absolute atomic E-state index is 0.0334. The Bertz CT molecular complexity index is 497. The second-order valence-corrected chi connectivity index (χ2v) is 5.67. The third kappa shape index (κ3) is 3.45. The van der Waals surface area contributed by atoms with Gasteiger partial charge in [0.1, 0.15) is 0 Å². The summed E-state index contributed by atoms with van der Waals surface area (Å²) in [6.45, 7) is 1.64. The van der Waals surface area contributed by atoms with E-state index in [0.29, 0.717) is 5.69 Å². The zero-order valence-corrected chi connectivity index (χ0v) is 10.7. The maximum atomic E-state index is 11.8. The molecule has 0 heterocycles. The van der Waals surface area contributed by atoms with Crippen molar-refractivity contribution in [3.05, 3.63) is 24.3 Å². The highest BCUT2D eigenvalue weighted by Gasteiger charge is 2.15. The number of carbonyl (C=O) groups is 1. The highest BCUT2D eigenvalue weighted by molar-refractivity contribution is 7.91. The van der Waals surface area contributed by atoms with Gasteiger partial charge in [-0.05, 0) is 12.1 Å². The van der Waals surface area contributed by atoms with Gasteiger partial charge in [0.25, 0.3) is 0 Å². The van der Waals surface area contributed by atoms with Gasteiger partial charge in [-0.25, -0.2) is 8.42 Å². The Hall–Kier alpha value is -1.56. The molecule has 0 saturated carbocycles. The van der Waals surface area contributed by atoms with Crippen molar-refractivity contribution in [3.63, 3.8) is 0 Å². The zero-order chi connectivity index (χ0) is 12.9. The lowest BCUT2D eigenvalue weighted by Gasteiger charge is -2.10. The molecule has 0 spiro atoms. The van der Waals surface area contributed by atoms with Crippen LogP contribution in [0.1, 0.15) is 6.92 Å². The van der Waals surface area contributed by atoms with E-state index in [9.17, 15) is 13.2 Å². The van der Waals surface area contributed by atoms with Gasteiger partial charge in [-0.2, -0.15) is 0 Å². The molecule has 0 aromatic heterocycles. The van der Waals surface area contributed by atoms with Crippen LogP contribution < -0.4 is 10.6 Å². The summed E-state index contributed by atoms with van der Waals surface area (Å²) in [7, 11) is -1.75. The average molecular weight is 256 g/mol. The second-order valence-electron chi connectivity index (χ2n) is 3.43. The molecule has 1 aromatic rings. The van der Waals surface area contributed by atoms with E-state index in [2.05, 4.69) is 10.6 Å². The Morgan fingerprint density at radius 2 is 1.94 bits per heavy atom. The molecule has 1 aromatic carbocycles. The van der Waals surface area contributed by atoms with E-state index in [0.717, 1.165) is 0 Å². The summed E-state index contributed by atoms with van der Waals surface area (Å²) in [5.74, 6) is -0.167. The molecule has 6 heteroatoms. The summed E-state index contributed by atoms with van der Waals surface area (Å²) < 4.78 is 23.6. The smallest absolute Gasteiger partial charge is 0.239 e. The number of likely N-dealkylation sites (N-methyl/N-ethyl adjacent to an activating group) is 1. The lowest BCUT2D eigenvalue weighted by Crippen LogP contribution is -2.26. The van der Waals surface area contributed by atoms with Crippen molar-refractivity contribution in [2.45, 2.75) is 11.8 Å². The number of anilines is 1. The predicted molar refractivity (Wildman–Crippen MR) is 66.7 cm³/mol. The number of sulfone groups is 1. The number of rotatable bonds is 5. The molecule has 0 atom stereocenters. The Balaban J connectivity index is 2.97. The van der Waals surface area contributed by atoms with Crippen LogP contribution in [0.2, 0.25) is 0 Å². The van der Waals surface area contributed by atoms with Crippen molar-refractivity contribution >= 4 is 21.4 Å². The van der Waals surface area contributed by atoms with Gasteiger partial charge in [-0.3, -0.25) is 4.79 Å². The van der Waals surface area contributed by atoms with Crippen molar-refractivity contribution in [1.82, 2.24) is 5.32 Å². The van der Waals surface area contributed by atoms with Crippen LogP contribution in [0.4, 0.5) is 5.69 Å². The number of nitrogens with one attached hydrogen (secondary N) is 2. The molecular formula is C11H16N2O3S. The zero-order valence-electron chi connectivity index (χ0n) is 9.86. The number of para-hydroxylation sites is 1. The van der Waals surface area contributed by atoms with Crippen LogP contribution in [0.25, 0.3) is 0 Å². The quantitative estimate of drug-likeness (QED) is 0.810. The van der Waals surface area contributed by atoms with Crippen molar-refractivity contribution in [1.29, 1.82) is 0 Å². The molecule has 0 aliphatic heterocycles. The molecule has 0 bridgehead atoms. The second kappa shape index (κ2) is 5.67. The van der Waals surface area contributed by atoms with Gasteiger partial charge in [0.05, 0.1) is 22.9 Å². The lowest BCUT2D eigenvalue weighted by atomic mass is 10.3. The molecule has 0 aliphatic rings. The van der Waals surface area contributed by atoms with E-state index in [1.807, 2.05) is 0 Å². The third-order valence-corrected chi connectivity index (χ3v) is 4.11. The van der Waals surface area contributed by atoms with Crippen molar-refractivity contribution in [2.24, 2.45) is 0 Å². The van der Waals surface area contributed by atoms with E-state index >= 15 is 0 Å². The van der Waals surface area contributed by atoms with Gasteiger partial charge < -0.3 is 10.6 Å². The normalized spacial score (nSPS) is 10.9. The molecule has 17 heavy (non-hydrogen) atoms. The molecule has 1 rings (SSSR count). The Kier molecular flexibility index (Phi) is 4.51. The predicted octanol–water partition coefficient (Wildman–Crippen LogP) is 0.638. The van der Waals surface area contributed by atoms with Crippen molar-refractivity contribution in [2.75, 3.05) is 24.7 Å². The van der Waals surface area contributed by atoms with Crippen LogP contribution in [0.5, 0.6) is 0 Å². The largest absolute Gasteiger partial charge is 0.375 e. The maximum absolute atomic E-state index is 11.8. The van der Waals surface area contributed by atoms with E-state index in [1.54, 1.807) is 25.1 Å². The molecule has 0 saturated heterocycles. The van der Waals surface area contributed by atoms with Crippen LogP contribution in [0, 0.1) is 0 Å². The van der Waals surface area contributed by atoms with Gasteiger partial charge in [-0.15, -0.1) is 0 Å². The van der Waals surface area contributed by atoms with Crippen LogP contribution in [-0.4, -0.2) is 33.7 Å². The Labute approximate surface area is 101 Å². The fourth-order valence-corrected chi connectivity index (χ4v) is 2.38. The topological polar surface area (TPSA) is 75.3 Å². The van der Waals surface area contributed by atoms with Gasteiger partial charge in [0.15, 0.2) is 9.84 Å². The average Bonchev–Trinajstić information content (AvgIpc) is 2.36. The summed E-state index contributed by atoms with van der Waals surface area (Å²) >= 11 is 0. The fourth-order valence-electron chi connectivity index (χ4n) is 1.30. The van der Waals surface area contributed by atoms with E-state index in [1.165, 1.54) is 13.1 Å². The van der Waals surface area contributed by atoms with E-state index in [-0.39, 0.29) is 23.1 Å². The third-order valence-electron chi connectivity index (χ3n) is 2.32. The SMILES string of the molecule is CCS(=O)(=O)c1ccccc1NCC(=O)NC. The molecule has 5 nitrogen and oxygen atoms in total. The summed E-state index contributed by atoms with van der Waals surface area (Å²) in [4.78, 5) is 11.3.